The molecule has 3 rings (SSSR count). The number of piperazine rings is 1. The molecule has 1 aromatic heterocycles. The summed E-state index contributed by atoms with van der Waals surface area (Å²) in [4.78, 5) is 17.4. The molecule has 0 N–H and O–H groups in total. The van der Waals surface area contributed by atoms with Gasteiger partial charge in [0.2, 0.25) is 0 Å². The van der Waals surface area contributed by atoms with Gasteiger partial charge in [-0.1, -0.05) is 29.6 Å². The lowest BCUT2D eigenvalue weighted by Gasteiger charge is -2.47. The van der Waals surface area contributed by atoms with Gasteiger partial charge in [-0.05, 0) is 32.4 Å². The monoisotopic (exact) mass is 346 g/mol. The number of carbonyl (C=O) groups excluding carboxylic acids is 1. The van der Waals surface area contributed by atoms with E-state index in [0.717, 1.165) is 13.1 Å². The van der Waals surface area contributed by atoms with Crippen LogP contribution in [0.1, 0.15) is 36.5 Å². The van der Waals surface area contributed by atoms with Gasteiger partial charge in [-0.25, -0.2) is 0 Å². The first kappa shape index (κ1) is 15.8. The summed E-state index contributed by atoms with van der Waals surface area (Å²) in [5.41, 5.74) is 0.574. The van der Waals surface area contributed by atoms with Crippen LogP contribution in [0, 0.1) is 0 Å². The quantitative estimate of drug-likeness (QED) is 0.777. The minimum atomic E-state index is 0.0826. The molecule has 6 heteroatoms. The molecule has 3 nitrogen and oxygen atoms in total. The van der Waals surface area contributed by atoms with Crippen LogP contribution in [0.15, 0.2) is 6.07 Å². The van der Waals surface area contributed by atoms with E-state index in [1.807, 2.05) is 0 Å². The highest BCUT2D eigenvalue weighted by molar-refractivity contribution is 7.20. The van der Waals surface area contributed by atoms with Gasteiger partial charge in [-0.3, -0.25) is 14.6 Å². The number of fused-ring (bicyclic) bond motifs is 1. The second kappa shape index (κ2) is 6.55. The summed E-state index contributed by atoms with van der Waals surface area (Å²) >= 11 is 13.3. The third-order valence-electron chi connectivity index (χ3n) is 4.62. The lowest BCUT2D eigenvalue weighted by atomic mass is 9.97. The molecule has 0 amide bonds. The average molecular weight is 347 g/mol. The maximum Gasteiger partial charge on any atom is 0.179 e. The number of hydrogen-bond donors (Lipinski definition) is 0. The Morgan fingerprint density at radius 1 is 1.38 bits per heavy atom. The van der Waals surface area contributed by atoms with E-state index in [1.165, 1.54) is 37.1 Å². The number of nitrogens with zero attached hydrogens (tertiary/aromatic N) is 2. The maximum absolute atomic E-state index is 12.5. The fraction of sp³-hybridized carbons (Fsp3) is 0.667. The van der Waals surface area contributed by atoms with Gasteiger partial charge in [0, 0.05) is 25.2 Å². The summed E-state index contributed by atoms with van der Waals surface area (Å²) in [5, 5.41) is 0. The number of piperidine rings is 1. The normalized spacial score (nSPS) is 27.6. The van der Waals surface area contributed by atoms with Crippen LogP contribution in [0.25, 0.3) is 0 Å². The van der Waals surface area contributed by atoms with E-state index in [-0.39, 0.29) is 5.78 Å². The molecule has 1 aromatic rings. The second-order valence-corrected chi connectivity index (χ2v) is 8.37. The van der Waals surface area contributed by atoms with Crippen molar-refractivity contribution in [2.24, 2.45) is 0 Å². The van der Waals surface area contributed by atoms with Crippen LogP contribution in [0.2, 0.25) is 8.67 Å². The largest absolute Gasteiger partial charge is 0.298 e. The van der Waals surface area contributed by atoms with Crippen LogP contribution in [0.4, 0.5) is 0 Å². The minimum absolute atomic E-state index is 0.0826. The van der Waals surface area contributed by atoms with E-state index in [0.29, 0.717) is 32.9 Å². The van der Waals surface area contributed by atoms with Gasteiger partial charge in [0.15, 0.2) is 5.78 Å². The number of halogens is 2. The molecule has 0 saturated carbocycles. The molecule has 2 fully saturated rings. The molecule has 2 saturated heterocycles. The van der Waals surface area contributed by atoms with Crippen LogP contribution in [0.5, 0.6) is 0 Å². The zero-order chi connectivity index (χ0) is 15.0. The lowest BCUT2D eigenvalue weighted by Crippen LogP contribution is -2.59. The molecule has 0 radical (unpaired) electrons. The third-order valence-corrected chi connectivity index (χ3v) is 6.11. The smallest absolute Gasteiger partial charge is 0.179 e. The molecule has 3 heterocycles. The number of hydrogen-bond acceptors (Lipinski definition) is 4. The number of carbonyl (C=O) groups is 1. The Morgan fingerprint density at radius 2 is 2.19 bits per heavy atom. The molecule has 2 aliphatic heterocycles. The highest BCUT2D eigenvalue weighted by Crippen LogP contribution is 2.32. The molecule has 0 aliphatic carbocycles. The van der Waals surface area contributed by atoms with Crippen molar-refractivity contribution in [2.75, 3.05) is 26.2 Å². The standard InChI is InChI=1S/C15H20Cl2N2OS/c1-10-7-18-5-3-2-4-11(18)8-19(10)9-13(20)12-6-14(16)21-15(12)17/h6,10-11H,2-5,7-9H2,1H3. The number of Topliss-reactive ketones (excluding diaryl/α,β-unsaturated/α-hetero) is 1. The molecule has 0 aromatic carbocycles. The van der Waals surface area contributed by atoms with E-state index in [1.54, 1.807) is 6.07 Å². The Labute approximate surface area is 139 Å². The molecule has 2 atom stereocenters. The van der Waals surface area contributed by atoms with E-state index < -0.39 is 0 Å². The molecule has 2 aliphatic rings. The molecule has 0 spiro atoms. The minimum Gasteiger partial charge on any atom is -0.298 e. The number of thiophene rings is 1. The SMILES string of the molecule is CC1CN2CCCCC2CN1CC(=O)c1cc(Cl)sc1Cl. The topological polar surface area (TPSA) is 23.6 Å². The fourth-order valence-electron chi connectivity index (χ4n) is 3.43. The Kier molecular flexibility index (Phi) is 4.91. The Hall–Kier alpha value is -0.130. The number of ketones is 1. The van der Waals surface area contributed by atoms with Crippen molar-refractivity contribution in [3.63, 3.8) is 0 Å². The Bertz CT molecular complexity index is 534. The van der Waals surface area contributed by atoms with Gasteiger partial charge >= 0.3 is 0 Å². The maximum atomic E-state index is 12.5. The van der Waals surface area contributed by atoms with Crippen molar-refractivity contribution < 1.29 is 4.79 Å². The van der Waals surface area contributed by atoms with Crippen LogP contribution >= 0.6 is 34.5 Å². The second-order valence-electron chi connectivity index (χ2n) is 6.08. The van der Waals surface area contributed by atoms with Crippen LogP contribution in [-0.4, -0.2) is 53.8 Å². The van der Waals surface area contributed by atoms with Gasteiger partial charge in [0.1, 0.15) is 4.34 Å². The van der Waals surface area contributed by atoms with Crippen LogP contribution < -0.4 is 0 Å². The third kappa shape index (κ3) is 3.45. The van der Waals surface area contributed by atoms with Gasteiger partial charge in [0.05, 0.1) is 16.4 Å². The predicted octanol–water partition coefficient (Wildman–Crippen LogP) is 3.80. The zero-order valence-corrected chi connectivity index (χ0v) is 14.5. The van der Waals surface area contributed by atoms with Gasteiger partial charge in [0.25, 0.3) is 0 Å². The van der Waals surface area contributed by atoms with Gasteiger partial charge in [-0.2, -0.15) is 0 Å². The Balaban J connectivity index is 1.66. The van der Waals surface area contributed by atoms with E-state index in [9.17, 15) is 4.79 Å². The van der Waals surface area contributed by atoms with Crippen molar-refractivity contribution in [1.29, 1.82) is 0 Å². The lowest BCUT2D eigenvalue weighted by molar-refractivity contribution is 0.0166. The summed E-state index contributed by atoms with van der Waals surface area (Å²) in [6.45, 7) is 5.92. The molecule has 21 heavy (non-hydrogen) atoms. The average Bonchev–Trinajstić information content (AvgIpc) is 2.78. The van der Waals surface area contributed by atoms with E-state index in [4.69, 9.17) is 23.2 Å². The summed E-state index contributed by atoms with van der Waals surface area (Å²) in [7, 11) is 0. The van der Waals surface area contributed by atoms with E-state index >= 15 is 0 Å². The van der Waals surface area contributed by atoms with Crippen LogP contribution in [-0.2, 0) is 0 Å². The van der Waals surface area contributed by atoms with Crippen molar-refractivity contribution in [1.82, 2.24) is 9.80 Å². The van der Waals surface area contributed by atoms with Crippen molar-refractivity contribution in [2.45, 2.75) is 38.3 Å². The van der Waals surface area contributed by atoms with Crippen LogP contribution in [0.3, 0.4) is 0 Å². The highest BCUT2D eigenvalue weighted by Gasteiger charge is 2.34. The predicted molar refractivity (Wildman–Crippen MR) is 88.9 cm³/mol. The van der Waals surface area contributed by atoms with Crippen molar-refractivity contribution in [3.8, 4) is 0 Å². The molecule has 116 valence electrons. The summed E-state index contributed by atoms with van der Waals surface area (Å²) in [6, 6.07) is 2.72. The van der Waals surface area contributed by atoms with Gasteiger partial charge < -0.3 is 0 Å². The Morgan fingerprint density at radius 3 is 2.90 bits per heavy atom. The van der Waals surface area contributed by atoms with Crippen molar-refractivity contribution in [3.05, 3.63) is 20.3 Å². The molecular formula is C15H20Cl2N2OS. The van der Waals surface area contributed by atoms with Crippen molar-refractivity contribution >= 4 is 40.3 Å². The highest BCUT2D eigenvalue weighted by atomic mass is 35.5. The van der Waals surface area contributed by atoms with E-state index in [2.05, 4.69) is 16.7 Å². The first-order valence-corrected chi connectivity index (χ1v) is 9.08. The summed E-state index contributed by atoms with van der Waals surface area (Å²) < 4.78 is 1.09. The first-order chi connectivity index (χ1) is 10.0. The molecule has 2 unspecified atom stereocenters. The zero-order valence-electron chi connectivity index (χ0n) is 12.1. The summed E-state index contributed by atoms with van der Waals surface area (Å²) in [6.07, 6.45) is 3.87. The van der Waals surface area contributed by atoms with Gasteiger partial charge in [-0.15, -0.1) is 11.3 Å². The number of rotatable bonds is 3. The summed E-state index contributed by atoms with van der Waals surface area (Å²) in [5.74, 6) is 0.0826. The fourth-order valence-corrected chi connectivity index (χ4v) is 4.93. The molecular weight excluding hydrogens is 327 g/mol. The first-order valence-electron chi connectivity index (χ1n) is 7.50. The molecule has 0 bridgehead atoms.